The smallest absolute Gasteiger partial charge is 0.230 e. The van der Waals surface area contributed by atoms with Crippen molar-refractivity contribution in [3.63, 3.8) is 0 Å². The summed E-state index contributed by atoms with van der Waals surface area (Å²) in [6.45, 7) is 0. The van der Waals surface area contributed by atoms with Gasteiger partial charge in [0.15, 0.2) is 0 Å². The first-order valence-corrected chi connectivity index (χ1v) is 7.93. The summed E-state index contributed by atoms with van der Waals surface area (Å²) in [4.78, 5) is 14.9. The van der Waals surface area contributed by atoms with Crippen molar-refractivity contribution in [2.45, 2.75) is 44.6 Å². The fraction of sp³-hybridized carbons (Fsp3) is 0.500. The van der Waals surface area contributed by atoms with Gasteiger partial charge in [0, 0.05) is 17.7 Å². The van der Waals surface area contributed by atoms with Gasteiger partial charge < -0.3 is 4.90 Å². The van der Waals surface area contributed by atoms with E-state index in [1.54, 1.807) is 0 Å². The van der Waals surface area contributed by atoms with Crippen molar-refractivity contribution in [1.82, 2.24) is 4.90 Å². The number of carbonyl (C=O) groups excluding carboxylic acids is 1. The summed E-state index contributed by atoms with van der Waals surface area (Å²) in [6.07, 6.45) is 9.39. The van der Waals surface area contributed by atoms with E-state index < -0.39 is 0 Å². The van der Waals surface area contributed by atoms with E-state index in [1.165, 1.54) is 36.9 Å². The fourth-order valence-electron chi connectivity index (χ4n) is 4.46. The van der Waals surface area contributed by atoms with Crippen molar-refractivity contribution in [2.75, 3.05) is 0 Å². The molecular weight excluding hydrogens is 246 g/mol. The van der Waals surface area contributed by atoms with Crippen molar-refractivity contribution in [2.24, 2.45) is 11.8 Å². The monoisotopic (exact) mass is 267 g/mol. The first-order valence-electron chi connectivity index (χ1n) is 7.93. The van der Waals surface area contributed by atoms with E-state index >= 15 is 0 Å². The highest BCUT2D eigenvalue weighted by molar-refractivity contribution is 5.85. The summed E-state index contributed by atoms with van der Waals surface area (Å²) in [5.41, 5.74) is 2.46. The van der Waals surface area contributed by atoms with Crippen LogP contribution in [0.2, 0.25) is 0 Å². The molecule has 1 aromatic carbocycles. The van der Waals surface area contributed by atoms with Crippen LogP contribution in [0.4, 0.5) is 0 Å². The van der Waals surface area contributed by atoms with E-state index in [-0.39, 0.29) is 0 Å². The molecule has 2 heteroatoms. The highest BCUT2D eigenvalue weighted by Gasteiger charge is 2.51. The molecule has 2 nitrogen and oxygen atoms in total. The maximum absolute atomic E-state index is 12.7. The van der Waals surface area contributed by atoms with Gasteiger partial charge in [0.1, 0.15) is 0 Å². The van der Waals surface area contributed by atoms with Gasteiger partial charge in [0.05, 0.1) is 0 Å². The highest BCUT2D eigenvalue weighted by Crippen LogP contribution is 2.48. The minimum atomic E-state index is 0.327. The lowest BCUT2D eigenvalue weighted by Crippen LogP contribution is -2.27. The molecule has 20 heavy (non-hydrogen) atoms. The zero-order valence-electron chi connectivity index (χ0n) is 11.8. The van der Waals surface area contributed by atoms with Gasteiger partial charge in [-0.1, -0.05) is 43.2 Å². The molecule has 1 amide bonds. The number of hydrogen-bond donors (Lipinski definition) is 0. The molecule has 3 atom stereocenters. The second-order valence-electron chi connectivity index (χ2n) is 6.42. The van der Waals surface area contributed by atoms with Gasteiger partial charge in [-0.3, -0.25) is 4.79 Å². The third kappa shape index (κ3) is 1.81. The molecule has 0 aromatic heterocycles. The van der Waals surface area contributed by atoms with Gasteiger partial charge in [0.25, 0.3) is 0 Å². The summed E-state index contributed by atoms with van der Waals surface area (Å²) in [5.74, 6) is 1.38. The molecule has 0 spiro atoms. The lowest BCUT2D eigenvalue weighted by atomic mass is 9.77. The Morgan fingerprint density at radius 2 is 1.85 bits per heavy atom. The van der Waals surface area contributed by atoms with Crippen molar-refractivity contribution >= 4 is 12.0 Å². The van der Waals surface area contributed by atoms with Crippen molar-refractivity contribution in [3.8, 4) is 0 Å². The molecule has 0 bridgehead atoms. The van der Waals surface area contributed by atoms with Crippen LogP contribution in [-0.4, -0.2) is 16.8 Å². The zero-order chi connectivity index (χ0) is 13.5. The van der Waals surface area contributed by atoms with Crippen LogP contribution < -0.4 is 0 Å². The van der Waals surface area contributed by atoms with E-state index in [9.17, 15) is 4.79 Å². The Morgan fingerprint density at radius 1 is 1.05 bits per heavy atom. The van der Waals surface area contributed by atoms with Crippen LogP contribution in [0.5, 0.6) is 0 Å². The number of benzene rings is 1. The topological polar surface area (TPSA) is 20.3 Å². The third-order valence-corrected chi connectivity index (χ3v) is 5.34. The van der Waals surface area contributed by atoms with Gasteiger partial charge in [-0.25, -0.2) is 0 Å². The molecule has 3 fully saturated rings. The molecular formula is C18H21NO. The average molecular weight is 267 g/mol. The Labute approximate surface area is 120 Å². The number of nitrogens with zero attached hydrogens (tertiary/aromatic N) is 1. The van der Waals surface area contributed by atoms with Gasteiger partial charge in [-0.05, 0) is 43.2 Å². The number of rotatable bonds is 1. The molecule has 1 aliphatic carbocycles. The number of amides is 1. The quantitative estimate of drug-likeness (QED) is 0.757. The molecule has 1 aromatic rings. The lowest BCUT2D eigenvalue weighted by Gasteiger charge is -2.25. The maximum Gasteiger partial charge on any atom is 0.230 e. The van der Waals surface area contributed by atoms with Crippen LogP contribution in [0.1, 0.15) is 44.1 Å². The molecule has 4 rings (SSSR count). The summed E-state index contributed by atoms with van der Waals surface area (Å²) in [6, 6.07) is 10.9. The van der Waals surface area contributed by atoms with Gasteiger partial charge in [0.2, 0.25) is 5.91 Å². The lowest BCUT2D eigenvalue weighted by molar-refractivity contribution is -0.130. The van der Waals surface area contributed by atoms with E-state index in [1.807, 2.05) is 6.07 Å². The summed E-state index contributed by atoms with van der Waals surface area (Å²) in [5, 5.41) is 0. The predicted octanol–water partition coefficient (Wildman–Crippen LogP) is 3.84. The first kappa shape index (κ1) is 12.2. The Hall–Kier alpha value is -1.57. The largest absolute Gasteiger partial charge is 0.313 e. The molecule has 104 valence electrons. The SMILES string of the molecule is O=C1[C@H]2CCCC[C@H]2[C@H]2CC/C(=C\c3ccccc3)N12. The Bertz CT molecular complexity index is 548. The van der Waals surface area contributed by atoms with Crippen molar-refractivity contribution in [1.29, 1.82) is 0 Å². The molecule has 0 unspecified atom stereocenters. The molecule has 2 aliphatic heterocycles. The number of hydrogen-bond acceptors (Lipinski definition) is 1. The predicted molar refractivity (Wildman–Crippen MR) is 79.7 cm³/mol. The van der Waals surface area contributed by atoms with Crippen molar-refractivity contribution in [3.05, 3.63) is 41.6 Å². The molecule has 0 N–H and O–H groups in total. The molecule has 2 saturated heterocycles. The Morgan fingerprint density at radius 3 is 2.70 bits per heavy atom. The summed E-state index contributed by atoms with van der Waals surface area (Å²) in [7, 11) is 0. The minimum absolute atomic E-state index is 0.327. The Kier molecular flexibility index (Phi) is 2.90. The van der Waals surface area contributed by atoms with Crippen LogP contribution in [0.15, 0.2) is 36.0 Å². The first-order chi connectivity index (χ1) is 9.84. The zero-order valence-corrected chi connectivity index (χ0v) is 11.8. The van der Waals surface area contributed by atoms with Crippen LogP contribution >= 0.6 is 0 Å². The Balaban J connectivity index is 1.65. The van der Waals surface area contributed by atoms with Crippen LogP contribution in [0.3, 0.4) is 0 Å². The van der Waals surface area contributed by atoms with Gasteiger partial charge >= 0.3 is 0 Å². The molecule has 3 aliphatic rings. The molecule has 1 saturated carbocycles. The van der Waals surface area contributed by atoms with E-state index in [0.717, 1.165) is 12.8 Å². The minimum Gasteiger partial charge on any atom is -0.313 e. The number of carbonyl (C=O) groups is 1. The van der Waals surface area contributed by atoms with E-state index in [0.29, 0.717) is 23.8 Å². The number of fused-ring (bicyclic) bond motifs is 3. The second kappa shape index (κ2) is 4.76. The number of allylic oxidation sites excluding steroid dienone is 1. The third-order valence-electron chi connectivity index (χ3n) is 5.34. The van der Waals surface area contributed by atoms with Crippen LogP contribution in [-0.2, 0) is 4.79 Å². The molecule has 2 heterocycles. The standard InChI is InChI=1S/C18H21NO/c20-18-16-9-5-4-8-15(16)17-11-10-14(19(17)18)12-13-6-2-1-3-7-13/h1-3,6-7,12,15-17H,4-5,8-11H2/b14-12+/t15-,16+,17-/m1/s1. The highest BCUT2D eigenvalue weighted by atomic mass is 16.2. The fourth-order valence-corrected chi connectivity index (χ4v) is 4.46. The second-order valence-corrected chi connectivity index (χ2v) is 6.42. The van der Waals surface area contributed by atoms with E-state index in [4.69, 9.17) is 0 Å². The average Bonchev–Trinajstić information content (AvgIpc) is 3.02. The van der Waals surface area contributed by atoms with E-state index in [2.05, 4.69) is 35.2 Å². The van der Waals surface area contributed by atoms with Gasteiger partial charge in [-0.2, -0.15) is 0 Å². The summed E-state index contributed by atoms with van der Waals surface area (Å²) >= 11 is 0. The van der Waals surface area contributed by atoms with Gasteiger partial charge in [-0.15, -0.1) is 0 Å². The van der Waals surface area contributed by atoms with Crippen LogP contribution in [0.25, 0.3) is 6.08 Å². The maximum atomic E-state index is 12.7. The van der Waals surface area contributed by atoms with Crippen molar-refractivity contribution < 1.29 is 4.79 Å². The summed E-state index contributed by atoms with van der Waals surface area (Å²) < 4.78 is 0. The van der Waals surface area contributed by atoms with Crippen LogP contribution in [0, 0.1) is 11.8 Å². The molecule has 0 radical (unpaired) electrons. The normalized spacial score (nSPS) is 34.4.